The fourth-order valence-electron chi connectivity index (χ4n) is 6.64. The van der Waals surface area contributed by atoms with Gasteiger partial charge in [-0.15, -0.1) is 0 Å². The lowest BCUT2D eigenvalue weighted by Gasteiger charge is -2.42. The maximum absolute atomic E-state index is 4.10. The van der Waals surface area contributed by atoms with E-state index in [9.17, 15) is 0 Å². The van der Waals surface area contributed by atoms with Crippen molar-refractivity contribution in [2.75, 3.05) is 36.5 Å². The molecule has 0 amide bonds. The van der Waals surface area contributed by atoms with Gasteiger partial charge in [0.15, 0.2) is 0 Å². The van der Waals surface area contributed by atoms with Gasteiger partial charge in [-0.25, -0.2) is 0 Å². The van der Waals surface area contributed by atoms with Gasteiger partial charge in [0.25, 0.3) is 0 Å². The first-order valence-electron chi connectivity index (χ1n) is 12.0. The molecule has 2 aromatic carbocycles. The number of benzene rings is 2. The molecule has 2 aromatic rings. The van der Waals surface area contributed by atoms with E-state index in [1.54, 1.807) is 32.8 Å². The molecule has 0 spiro atoms. The van der Waals surface area contributed by atoms with Gasteiger partial charge in [0.05, 0.1) is 0 Å². The number of hydrogen-bond acceptors (Lipinski definition) is 2. The van der Waals surface area contributed by atoms with Crippen LogP contribution in [0.5, 0.6) is 0 Å². The van der Waals surface area contributed by atoms with E-state index < -0.39 is 8.07 Å². The molecule has 31 heavy (non-hydrogen) atoms. The molecule has 2 nitrogen and oxygen atoms in total. The Bertz CT molecular complexity index is 991. The Kier molecular flexibility index (Phi) is 5.84. The van der Waals surface area contributed by atoms with Crippen LogP contribution in [0, 0.1) is 0 Å². The number of hydrogen-bond donors (Lipinski definition) is 0. The average molecular weight is 562 g/mol. The summed E-state index contributed by atoms with van der Waals surface area (Å²) in [5.41, 5.74) is 9.48. The van der Waals surface area contributed by atoms with E-state index in [1.165, 1.54) is 78.4 Å². The number of rotatable bonds is 3. The van der Waals surface area contributed by atoms with Crippen LogP contribution in [0.2, 0.25) is 13.1 Å². The zero-order valence-electron chi connectivity index (χ0n) is 19.4. The molecule has 0 saturated heterocycles. The van der Waals surface area contributed by atoms with Crippen molar-refractivity contribution >= 4 is 61.7 Å². The third-order valence-electron chi connectivity index (χ3n) is 7.84. The summed E-state index contributed by atoms with van der Waals surface area (Å²) in [6, 6.07) is 4.92. The Morgan fingerprint density at radius 3 is 2.10 bits per heavy atom. The van der Waals surface area contributed by atoms with E-state index >= 15 is 0 Å². The molecular weight excluding hydrogens is 528 g/mol. The molecule has 0 bridgehead atoms. The van der Waals surface area contributed by atoms with Gasteiger partial charge in [-0.05, 0) is 89.7 Å². The van der Waals surface area contributed by atoms with Crippen molar-refractivity contribution in [1.29, 1.82) is 0 Å². The van der Waals surface area contributed by atoms with Crippen LogP contribution in [0.15, 0.2) is 21.1 Å². The smallest absolute Gasteiger partial charge is 0.116 e. The fraction of sp³-hybridized carbons (Fsp3) is 0.538. The summed E-state index contributed by atoms with van der Waals surface area (Å²) < 4.78 is 2.71. The molecule has 0 atom stereocenters. The molecule has 3 aliphatic heterocycles. The lowest BCUT2D eigenvalue weighted by atomic mass is 9.92. The quantitative estimate of drug-likeness (QED) is 0.445. The van der Waals surface area contributed by atoms with Gasteiger partial charge in [-0.3, -0.25) is 0 Å². The molecule has 0 radical (unpaired) electrons. The van der Waals surface area contributed by atoms with Crippen molar-refractivity contribution in [3.05, 3.63) is 43.3 Å². The Balaban J connectivity index is 1.77. The summed E-state index contributed by atoms with van der Waals surface area (Å²) in [5, 5.41) is 3.29. The van der Waals surface area contributed by atoms with Gasteiger partial charge < -0.3 is 9.80 Å². The average Bonchev–Trinajstić information content (AvgIpc) is 2.73. The van der Waals surface area contributed by atoms with E-state index in [4.69, 9.17) is 0 Å². The van der Waals surface area contributed by atoms with Gasteiger partial charge in [-0.1, -0.05) is 51.9 Å². The Hall–Kier alpha value is -0.783. The van der Waals surface area contributed by atoms with Gasteiger partial charge >= 0.3 is 0 Å². The van der Waals surface area contributed by atoms with Crippen molar-refractivity contribution < 1.29 is 0 Å². The fourth-order valence-corrected chi connectivity index (χ4v) is 14.2. The number of anilines is 2. The van der Waals surface area contributed by atoms with E-state index in [1.807, 2.05) is 0 Å². The summed E-state index contributed by atoms with van der Waals surface area (Å²) in [7, 11) is 0.335. The number of aryl methyl sites for hydroxylation is 2. The molecular formula is C26H34Br2N2Si. The Morgan fingerprint density at radius 1 is 0.839 bits per heavy atom. The van der Waals surface area contributed by atoms with E-state index in [2.05, 4.69) is 80.9 Å². The third kappa shape index (κ3) is 3.45. The van der Waals surface area contributed by atoms with Gasteiger partial charge in [0.2, 0.25) is 0 Å². The first-order chi connectivity index (χ1) is 14.8. The highest BCUT2D eigenvalue weighted by Crippen LogP contribution is 2.39. The largest absolute Gasteiger partial charge is 0.374 e. The summed E-state index contributed by atoms with van der Waals surface area (Å²) in [4.78, 5) is 5.21. The van der Waals surface area contributed by atoms with Crippen LogP contribution in [0.4, 0.5) is 11.4 Å². The Morgan fingerprint density at radius 2 is 1.42 bits per heavy atom. The van der Waals surface area contributed by atoms with E-state index in [-0.39, 0.29) is 0 Å². The summed E-state index contributed by atoms with van der Waals surface area (Å²) >= 11 is 8.18. The normalized spacial score (nSPS) is 18.1. The lowest BCUT2D eigenvalue weighted by Crippen LogP contribution is -2.58. The second-order valence-corrected chi connectivity index (χ2v) is 16.1. The summed E-state index contributed by atoms with van der Waals surface area (Å²) in [6.07, 6.45) is 8.61. The number of nitrogens with zero attached hydrogens (tertiary/aromatic N) is 2. The highest BCUT2D eigenvalue weighted by Gasteiger charge is 2.39. The SMILES string of the molecule is CCc1cc(Br)c([Si](C)(C)c2c(Br)cc3c4c2CCCN4CCC3)c2c1N(C)CCC2. The maximum atomic E-state index is 4.10. The van der Waals surface area contributed by atoms with Crippen LogP contribution < -0.4 is 20.2 Å². The van der Waals surface area contributed by atoms with Crippen molar-refractivity contribution in [2.24, 2.45) is 0 Å². The summed E-state index contributed by atoms with van der Waals surface area (Å²) in [5.74, 6) is 0. The first kappa shape index (κ1) is 22.0. The minimum absolute atomic E-state index is 1.09. The highest BCUT2D eigenvalue weighted by molar-refractivity contribution is 9.11. The minimum atomic E-state index is -1.96. The predicted molar refractivity (Wildman–Crippen MR) is 145 cm³/mol. The van der Waals surface area contributed by atoms with Gasteiger partial charge in [-0.2, -0.15) is 0 Å². The lowest BCUT2D eigenvalue weighted by molar-refractivity contribution is 0.635. The summed E-state index contributed by atoms with van der Waals surface area (Å²) in [6.45, 7) is 11.1. The van der Waals surface area contributed by atoms with Gasteiger partial charge in [0, 0.05) is 47.0 Å². The zero-order chi connectivity index (χ0) is 21.9. The first-order valence-corrected chi connectivity index (χ1v) is 16.6. The molecule has 166 valence electrons. The second-order valence-electron chi connectivity index (χ2n) is 10.1. The van der Waals surface area contributed by atoms with Crippen molar-refractivity contribution in [3.63, 3.8) is 0 Å². The second kappa shape index (κ2) is 8.21. The predicted octanol–water partition coefficient (Wildman–Crippen LogP) is 5.68. The topological polar surface area (TPSA) is 6.48 Å². The standard InChI is InChI=1S/C26H34Br2N2Si/c1-5-17-15-21(27)25(19-10-7-12-29(2)23(17)19)31(3,4)26-20-11-8-14-30-13-6-9-18(24(20)30)16-22(26)28/h15-16H,5-14H2,1-4H3. The van der Waals surface area contributed by atoms with Gasteiger partial charge in [0.1, 0.15) is 8.07 Å². The molecule has 0 fully saturated rings. The van der Waals surface area contributed by atoms with Crippen LogP contribution in [-0.2, 0) is 25.7 Å². The molecule has 0 saturated carbocycles. The van der Waals surface area contributed by atoms with Crippen LogP contribution >= 0.6 is 31.9 Å². The molecule has 0 unspecified atom stereocenters. The maximum Gasteiger partial charge on any atom is 0.116 e. The van der Waals surface area contributed by atoms with Crippen LogP contribution in [0.1, 0.15) is 48.4 Å². The zero-order valence-corrected chi connectivity index (χ0v) is 23.5. The van der Waals surface area contributed by atoms with Crippen LogP contribution in [0.3, 0.4) is 0 Å². The molecule has 5 heteroatoms. The van der Waals surface area contributed by atoms with E-state index in [0.717, 1.165) is 6.42 Å². The molecule has 3 heterocycles. The Labute approximate surface area is 205 Å². The molecule has 3 aliphatic rings. The number of fused-ring (bicyclic) bond motifs is 1. The minimum Gasteiger partial charge on any atom is -0.374 e. The van der Waals surface area contributed by atoms with Crippen LogP contribution in [0.25, 0.3) is 0 Å². The van der Waals surface area contributed by atoms with Crippen molar-refractivity contribution in [3.8, 4) is 0 Å². The van der Waals surface area contributed by atoms with Crippen LogP contribution in [-0.4, -0.2) is 34.8 Å². The van der Waals surface area contributed by atoms with Crippen molar-refractivity contribution in [2.45, 2.75) is 65.0 Å². The molecule has 0 aromatic heterocycles. The molecule has 0 N–H and O–H groups in total. The van der Waals surface area contributed by atoms with E-state index in [0.29, 0.717) is 0 Å². The number of halogens is 2. The van der Waals surface area contributed by atoms with Crippen molar-refractivity contribution in [1.82, 2.24) is 0 Å². The monoisotopic (exact) mass is 560 g/mol. The third-order valence-corrected chi connectivity index (χ3v) is 13.5. The molecule has 5 rings (SSSR count). The highest BCUT2D eigenvalue weighted by atomic mass is 79.9. The molecule has 0 aliphatic carbocycles.